The van der Waals surface area contributed by atoms with Crippen molar-refractivity contribution in [3.8, 4) is 0 Å². The van der Waals surface area contributed by atoms with Gasteiger partial charge >= 0.3 is 0 Å². The molecule has 2 aromatic rings. The monoisotopic (exact) mass is 360 g/mol. The van der Waals surface area contributed by atoms with Crippen LogP contribution >= 0.6 is 11.3 Å². The van der Waals surface area contributed by atoms with Gasteiger partial charge in [-0.3, -0.25) is 4.79 Å². The number of amides is 1. The van der Waals surface area contributed by atoms with E-state index in [0.29, 0.717) is 12.3 Å². The van der Waals surface area contributed by atoms with E-state index >= 15 is 0 Å². The quantitative estimate of drug-likeness (QED) is 0.891. The molecule has 1 amide bonds. The van der Waals surface area contributed by atoms with E-state index in [0.717, 1.165) is 74.3 Å². The van der Waals surface area contributed by atoms with E-state index in [9.17, 15) is 4.79 Å². The number of piperidine rings is 1. The number of carbonyl (C=O) groups excluding carboxylic acids is 1. The summed E-state index contributed by atoms with van der Waals surface area (Å²) in [7, 11) is 0. The smallest absolute Gasteiger partial charge is 0.228 e. The fourth-order valence-corrected chi connectivity index (χ4v) is 4.41. The number of carbonyl (C=O) groups is 1. The number of hydrogen-bond acceptors (Lipinski definition) is 6. The molecule has 2 aliphatic heterocycles. The van der Waals surface area contributed by atoms with Crippen LogP contribution in [0.25, 0.3) is 0 Å². The first kappa shape index (κ1) is 16.7. The normalized spacial score (nSPS) is 18.4. The van der Waals surface area contributed by atoms with Gasteiger partial charge in [-0.2, -0.15) is 0 Å². The molecule has 1 N–H and O–H groups in total. The SMILES string of the molecule is CCc1nc(CC(=O)N2CCC(c3nnc4n3CCNC4)CC2)cs1. The van der Waals surface area contributed by atoms with Crippen molar-refractivity contribution in [1.29, 1.82) is 0 Å². The lowest BCUT2D eigenvalue weighted by Gasteiger charge is -2.32. The highest BCUT2D eigenvalue weighted by Gasteiger charge is 2.28. The zero-order valence-electron chi connectivity index (χ0n) is 14.6. The molecule has 134 valence electrons. The largest absolute Gasteiger partial charge is 0.342 e. The summed E-state index contributed by atoms with van der Waals surface area (Å²) in [5.74, 6) is 2.75. The molecule has 2 aromatic heterocycles. The minimum atomic E-state index is 0.193. The van der Waals surface area contributed by atoms with E-state index in [4.69, 9.17) is 0 Å². The van der Waals surface area contributed by atoms with Gasteiger partial charge in [0.25, 0.3) is 0 Å². The molecule has 8 heteroatoms. The third-order valence-corrected chi connectivity index (χ3v) is 6.14. The average Bonchev–Trinajstić information content (AvgIpc) is 3.28. The average molecular weight is 360 g/mol. The molecule has 4 heterocycles. The van der Waals surface area contributed by atoms with Gasteiger partial charge in [-0.15, -0.1) is 21.5 Å². The fourth-order valence-electron chi connectivity index (χ4n) is 3.66. The topological polar surface area (TPSA) is 75.9 Å². The van der Waals surface area contributed by atoms with Crippen molar-refractivity contribution >= 4 is 17.2 Å². The van der Waals surface area contributed by atoms with Gasteiger partial charge in [0.15, 0.2) is 0 Å². The van der Waals surface area contributed by atoms with Crippen LogP contribution in [0.4, 0.5) is 0 Å². The molecule has 2 aliphatic rings. The first-order valence-electron chi connectivity index (χ1n) is 9.08. The Bertz CT molecular complexity index is 746. The molecule has 0 atom stereocenters. The van der Waals surface area contributed by atoms with Crippen molar-refractivity contribution in [2.45, 2.75) is 51.6 Å². The molecule has 1 fully saturated rings. The second-order valence-corrected chi connectivity index (χ2v) is 7.66. The van der Waals surface area contributed by atoms with Gasteiger partial charge in [0.1, 0.15) is 11.6 Å². The maximum absolute atomic E-state index is 12.5. The summed E-state index contributed by atoms with van der Waals surface area (Å²) in [5, 5.41) is 15.2. The molecule has 7 nitrogen and oxygen atoms in total. The second-order valence-electron chi connectivity index (χ2n) is 6.72. The van der Waals surface area contributed by atoms with E-state index in [1.54, 1.807) is 11.3 Å². The minimum absolute atomic E-state index is 0.193. The second kappa shape index (κ2) is 7.21. The van der Waals surface area contributed by atoms with Gasteiger partial charge in [-0.1, -0.05) is 6.92 Å². The number of fused-ring (bicyclic) bond motifs is 1. The van der Waals surface area contributed by atoms with Gasteiger partial charge in [-0.25, -0.2) is 4.98 Å². The van der Waals surface area contributed by atoms with E-state index < -0.39 is 0 Å². The van der Waals surface area contributed by atoms with Crippen LogP contribution in [0.1, 0.15) is 48.0 Å². The zero-order chi connectivity index (χ0) is 17.2. The molecule has 4 rings (SSSR count). The molecule has 0 aliphatic carbocycles. The van der Waals surface area contributed by atoms with Gasteiger partial charge < -0.3 is 14.8 Å². The summed E-state index contributed by atoms with van der Waals surface area (Å²) >= 11 is 1.64. The Kier molecular flexibility index (Phi) is 4.80. The standard InChI is InChI=1S/C17H24N6OS/c1-2-15-19-13(11-25-15)9-16(24)22-6-3-12(4-7-22)17-21-20-14-10-18-5-8-23(14)17/h11-12,18H,2-10H2,1H3. The number of aryl methyl sites for hydroxylation is 1. The lowest BCUT2D eigenvalue weighted by Crippen LogP contribution is -2.39. The summed E-state index contributed by atoms with van der Waals surface area (Å²) in [6.45, 7) is 6.42. The van der Waals surface area contributed by atoms with E-state index in [1.807, 2.05) is 10.3 Å². The highest BCUT2D eigenvalue weighted by molar-refractivity contribution is 7.09. The number of aromatic nitrogens is 4. The third-order valence-electron chi connectivity index (χ3n) is 5.10. The molecule has 1 saturated heterocycles. The number of nitrogens with zero attached hydrogens (tertiary/aromatic N) is 5. The summed E-state index contributed by atoms with van der Waals surface area (Å²) in [5.41, 5.74) is 0.910. The highest BCUT2D eigenvalue weighted by Crippen LogP contribution is 2.28. The van der Waals surface area contributed by atoms with Gasteiger partial charge in [0.05, 0.1) is 23.7 Å². The summed E-state index contributed by atoms with van der Waals surface area (Å²) in [6, 6.07) is 0. The summed E-state index contributed by atoms with van der Waals surface area (Å²) < 4.78 is 2.26. The maximum Gasteiger partial charge on any atom is 0.228 e. The Labute approximate surface area is 151 Å². The molecular formula is C17H24N6OS. The van der Waals surface area contributed by atoms with Crippen LogP contribution in [0, 0.1) is 0 Å². The summed E-state index contributed by atoms with van der Waals surface area (Å²) in [6.07, 6.45) is 3.29. The maximum atomic E-state index is 12.5. The number of thiazole rings is 1. The van der Waals surface area contributed by atoms with Crippen molar-refractivity contribution in [2.75, 3.05) is 19.6 Å². The Morgan fingerprint density at radius 3 is 2.92 bits per heavy atom. The van der Waals surface area contributed by atoms with Gasteiger partial charge in [0.2, 0.25) is 5.91 Å². The zero-order valence-corrected chi connectivity index (χ0v) is 15.4. The van der Waals surface area contributed by atoms with Crippen molar-refractivity contribution in [3.05, 3.63) is 27.7 Å². The van der Waals surface area contributed by atoms with Crippen LogP contribution in [0.2, 0.25) is 0 Å². The fraction of sp³-hybridized carbons (Fsp3) is 0.647. The molecule has 25 heavy (non-hydrogen) atoms. The van der Waals surface area contributed by atoms with Crippen LogP contribution in [0.3, 0.4) is 0 Å². The summed E-state index contributed by atoms with van der Waals surface area (Å²) in [4.78, 5) is 19.0. The van der Waals surface area contributed by atoms with Crippen molar-refractivity contribution in [3.63, 3.8) is 0 Å². The predicted molar refractivity (Wildman–Crippen MR) is 95.5 cm³/mol. The minimum Gasteiger partial charge on any atom is -0.342 e. The molecule has 0 bridgehead atoms. The molecule has 0 spiro atoms. The van der Waals surface area contributed by atoms with E-state index in [1.165, 1.54) is 0 Å². The van der Waals surface area contributed by atoms with Crippen LogP contribution < -0.4 is 5.32 Å². The molecule has 0 saturated carbocycles. The lowest BCUT2D eigenvalue weighted by molar-refractivity contribution is -0.131. The molecule has 0 aromatic carbocycles. The molecule has 0 radical (unpaired) electrons. The van der Waals surface area contributed by atoms with E-state index in [-0.39, 0.29) is 5.91 Å². The Hall–Kier alpha value is -1.80. The van der Waals surface area contributed by atoms with Crippen molar-refractivity contribution in [2.24, 2.45) is 0 Å². The van der Waals surface area contributed by atoms with Crippen LogP contribution in [-0.2, 0) is 30.7 Å². The molecule has 0 unspecified atom stereocenters. The van der Waals surface area contributed by atoms with Gasteiger partial charge in [-0.05, 0) is 19.3 Å². The van der Waals surface area contributed by atoms with Crippen molar-refractivity contribution < 1.29 is 4.79 Å². The lowest BCUT2D eigenvalue weighted by atomic mass is 9.95. The number of nitrogens with one attached hydrogen (secondary N) is 1. The Balaban J connectivity index is 1.35. The van der Waals surface area contributed by atoms with E-state index in [2.05, 4.69) is 32.0 Å². The first-order chi connectivity index (χ1) is 12.2. The Morgan fingerprint density at radius 1 is 1.32 bits per heavy atom. The number of rotatable bonds is 4. The third kappa shape index (κ3) is 3.46. The van der Waals surface area contributed by atoms with Crippen LogP contribution in [0.5, 0.6) is 0 Å². The van der Waals surface area contributed by atoms with Gasteiger partial charge in [0, 0.05) is 37.5 Å². The van der Waals surface area contributed by atoms with Crippen LogP contribution in [-0.4, -0.2) is 50.2 Å². The number of hydrogen-bond donors (Lipinski definition) is 1. The van der Waals surface area contributed by atoms with Crippen LogP contribution in [0.15, 0.2) is 5.38 Å². The predicted octanol–water partition coefficient (Wildman–Crippen LogP) is 1.35. The number of likely N-dealkylation sites (tertiary alicyclic amines) is 1. The highest BCUT2D eigenvalue weighted by atomic mass is 32.1. The Morgan fingerprint density at radius 2 is 2.16 bits per heavy atom. The van der Waals surface area contributed by atoms with Crippen molar-refractivity contribution in [1.82, 2.24) is 30.0 Å². The molecular weight excluding hydrogens is 336 g/mol. The first-order valence-corrected chi connectivity index (χ1v) is 9.96.